The van der Waals surface area contributed by atoms with Crippen LogP contribution in [0.25, 0.3) is 0 Å². The quantitative estimate of drug-likeness (QED) is 0.817. The zero-order valence-corrected chi connectivity index (χ0v) is 12.8. The van der Waals surface area contributed by atoms with Crippen LogP contribution in [0.4, 0.5) is 0 Å². The lowest BCUT2D eigenvalue weighted by molar-refractivity contribution is 0.286. The Morgan fingerprint density at radius 1 is 1.29 bits per heavy atom. The Morgan fingerprint density at radius 2 is 2.00 bits per heavy atom. The molecule has 0 atom stereocenters. The fourth-order valence-corrected chi connectivity index (χ4v) is 2.22. The van der Waals surface area contributed by atoms with E-state index in [0.717, 1.165) is 42.0 Å². The molecule has 0 N–H and O–H groups in total. The maximum absolute atomic E-state index is 9.14. The Bertz CT molecular complexity index is 635. The highest BCUT2D eigenvalue weighted by molar-refractivity contribution is 5.40. The molecule has 0 spiro atoms. The van der Waals surface area contributed by atoms with Gasteiger partial charge in [-0.25, -0.2) is 4.68 Å². The lowest BCUT2D eigenvalue weighted by Crippen LogP contribution is -2.09. The van der Waals surface area contributed by atoms with Crippen LogP contribution in [0.2, 0.25) is 0 Å². The number of aryl methyl sites for hydroxylation is 3. The molecule has 0 fully saturated rings. The molecule has 0 amide bonds. The predicted octanol–water partition coefficient (Wildman–Crippen LogP) is 3.15. The molecule has 5 nitrogen and oxygen atoms in total. The van der Waals surface area contributed by atoms with Gasteiger partial charge in [-0.3, -0.25) is 0 Å². The maximum Gasteiger partial charge on any atom is 0.189 e. The SMILES string of the molecule is CCCCn1nnc(C#N)c1COc1c(C)cccc1C. The summed E-state index contributed by atoms with van der Waals surface area (Å²) in [5.74, 6) is 0.865. The van der Waals surface area contributed by atoms with E-state index in [9.17, 15) is 0 Å². The molecule has 21 heavy (non-hydrogen) atoms. The number of nitrogens with zero attached hydrogens (tertiary/aromatic N) is 4. The summed E-state index contributed by atoms with van der Waals surface area (Å²) in [5.41, 5.74) is 3.26. The van der Waals surface area contributed by atoms with Gasteiger partial charge < -0.3 is 4.74 Å². The standard InChI is InChI=1S/C16H20N4O/c1-4-5-9-20-15(14(10-17)18-19-20)11-21-16-12(2)7-6-8-13(16)3/h6-8H,4-5,9,11H2,1-3H3. The molecule has 2 aromatic rings. The van der Waals surface area contributed by atoms with E-state index in [1.165, 1.54) is 0 Å². The summed E-state index contributed by atoms with van der Waals surface area (Å²) >= 11 is 0. The summed E-state index contributed by atoms with van der Waals surface area (Å²) in [4.78, 5) is 0. The highest BCUT2D eigenvalue weighted by Crippen LogP contribution is 2.23. The summed E-state index contributed by atoms with van der Waals surface area (Å²) in [5, 5.41) is 17.1. The number of nitriles is 1. The Balaban J connectivity index is 2.19. The second kappa shape index (κ2) is 6.89. The third-order valence-electron chi connectivity index (χ3n) is 3.43. The summed E-state index contributed by atoms with van der Waals surface area (Å²) < 4.78 is 7.70. The second-order valence-corrected chi connectivity index (χ2v) is 5.08. The van der Waals surface area contributed by atoms with Gasteiger partial charge in [-0.05, 0) is 31.4 Å². The monoisotopic (exact) mass is 284 g/mol. The summed E-state index contributed by atoms with van der Waals surface area (Å²) in [6, 6.07) is 8.12. The molecule has 0 unspecified atom stereocenters. The van der Waals surface area contributed by atoms with Gasteiger partial charge in [0.1, 0.15) is 24.1 Å². The minimum atomic E-state index is 0.311. The number of ether oxygens (including phenoxy) is 1. The van der Waals surface area contributed by atoms with E-state index in [1.54, 1.807) is 4.68 Å². The van der Waals surface area contributed by atoms with E-state index in [1.807, 2.05) is 32.0 Å². The van der Waals surface area contributed by atoms with Gasteiger partial charge in [-0.2, -0.15) is 5.26 Å². The van der Waals surface area contributed by atoms with Crippen molar-refractivity contribution in [1.29, 1.82) is 5.26 Å². The largest absolute Gasteiger partial charge is 0.487 e. The van der Waals surface area contributed by atoms with E-state index >= 15 is 0 Å². The first-order chi connectivity index (χ1) is 10.2. The first-order valence-corrected chi connectivity index (χ1v) is 7.18. The van der Waals surface area contributed by atoms with Crippen molar-refractivity contribution in [1.82, 2.24) is 15.0 Å². The lowest BCUT2D eigenvalue weighted by atomic mass is 10.1. The third kappa shape index (κ3) is 3.40. The first-order valence-electron chi connectivity index (χ1n) is 7.18. The van der Waals surface area contributed by atoms with Crippen LogP contribution in [0, 0.1) is 25.2 Å². The van der Waals surface area contributed by atoms with E-state index in [-0.39, 0.29) is 0 Å². The van der Waals surface area contributed by atoms with Crippen LogP contribution in [0.15, 0.2) is 18.2 Å². The molecule has 110 valence electrons. The molecule has 0 saturated heterocycles. The number of aromatic nitrogens is 3. The van der Waals surface area contributed by atoms with Crippen LogP contribution in [0.1, 0.15) is 42.3 Å². The normalized spacial score (nSPS) is 10.4. The number of benzene rings is 1. The molecule has 0 aliphatic rings. The van der Waals surface area contributed by atoms with Gasteiger partial charge in [0.05, 0.1) is 0 Å². The lowest BCUT2D eigenvalue weighted by Gasteiger charge is -2.12. The maximum atomic E-state index is 9.14. The molecule has 0 radical (unpaired) electrons. The van der Waals surface area contributed by atoms with E-state index in [2.05, 4.69) is 23.3 Å². The smallest absolute Gasteiger partial charge is 0.189 e. The minimum absolute atomic E-state index is 0.311. The number of hydrogen-bond donors (Lipinski definition) is 0. The van der Waals surface area contributed by atoms with Crippen LogP contribution in [-0.2, 0) is 13.2 Å². The molecule has 1 heterocycles. The van der Waals surface area contributed by atoms with Crippen LogP contribution < -0.4 is 4.74 Å². The van der Waals surface area contributed by atoms with Gasteiger partial charge in [0.15, 0.2) is 5.69 Å². The van der Waals surface area contributed by atoms with Crippen LogP contribution in [-0.4, -0.2) is 15.0 Å². The van der Waals surface area contributed by atoms with Crippen molar-refractivity contribution >= 4 is 0 Å². The Hall–Kier alpha value is -2.35. The highest BCUT2D eigenvalue weighted by atomic mass is 16.5. The molecule has 0 aliphatic heterocycles. The van der Waals surface area contributed by atoms with E-state index in [0.29, 0.717) is 12.3 Å². The zero-order valence-electron chi connectivity index (χ0n) is 12.8. The number of para-hydroxylation sites is 1. The van der Waals surface area contributed by atoms with Crippen LogP contribution in [0.3, 0.4) is 0 Å². The van der Waals surface area contributed by atoms with Gasteiger partial charge >= 0.3 is 0 Å². The van der Waals surface area contributed by atoms with Crippen molar-refractivity contribution in [2.45, 2.75) is 46.8 Å². The van der Waals surface area contributed by atoms with Crippen molar-refractivity contribution in [3.63, 3.8) is 0 Å². The Kier molecular flexibility index (Phi) is 4.94. The summed E-state index contributed by atoms with van der Waals surface area (Å²) in [6.45, 7) is 7.22. The van der Waals surface area contributed by atoms with Crippen molar-refractivity contribution < 1.29 is 4.74 Å². The van der Waals surface area contributed by atoms with Gasteiger partial charge in [0, 0.05) is 6.54 Å². The molecule has 0 aliphatic carbocycles. The predicted molar refractivity (Wildman–Crippen MR) is 79.9 cm³/mol. The fourth-order valence-electron chi connectivity index (χ4n) is 2.22. The first kappa shape index (κ1) is 15.0. The average Bonchev–Trinajstić information content (AvgIpc) is 2.86. The Labute approximate surface area is 125 Å². The van der Waals surface area contributed by atoms with Gasteiger partial charge in [0.2, 0.25) is 0 Å². The molecule has 1 aromatic heterocycles. The molecule has 0 saturated carbocycles. The molecular weight excluding hydrogens is 264 g/mol. The average molecular weight is 284 g/mol. The number of rotatable bonds is 6. The molecule has 5 heteroatoms. The third-order valence-corrected chi connectivity index (χ3v) is 3.43. The van der Waals surface area contributed by atoms with Crippen LogP contribution in [0.5, 0.6) is 5.75 Å². The van der Waals surface area contributed by atoms with Crippen molar-refractivity contribution in [3.8, 4) is 11.8 Å². The van der Waals surface area contributed by atoms with Gasteiger partial charge in [0.25, 0.3) is 0 Å². The molecule has 1 aromatic carbocycles. The Morgan fingerprint density at radius 3 is 2.62 bits per heavy atom. The van der Waals surface area contributed by atoms with Crippen molar-refractivity contribution in [2.75, 3.05) is 0 Å². The number of hydrogen-bond acceptors (Lipinski definition) is 4. The highest BCUT2D eigenvalue weighted by Gasteiger charge is 2.14. The van der Waals surface area contributed by atoms with Crippen molar-refractivity contribution in [2.24, 2.45) is 0 Å². The van der Waals surface area contributed by atoms with E-state index in [4.69, 9.17) is 10.00 Å². The molecule has 2 rings (SSSR count). The van der Waals surface area contributed by atoms with Gasteiger partial charge in [-0.1, -0.05) is 36.8 Å². The summed E-state index contributed by atoms with van der Waals surface area (Å²) in [7, 11) is 0. The fraction of sp³-hybridized carbons (Fsp3) is 0.438. The number of unbranched alkanes of at least 4 members (excludes halogenated alkanes) is 1. The second-order valence-electron chi connectivity index (χ2n) is 5.08. The molecule has 0 bridgehead atoms. The minimum Gasteiger partial charge on any atom is -0.487 e. The summed E-state index contributed by atoms with van der Waals surface area (Å²) in [6.07, 6.45) is 2.07. The van der Waals surface area contributed by atoms with Crippen molar-refractivity contribution in [3.05, 3.63) is 40.7 Å². The molecular formula is C16H20N4O. The zero-order chi connectivity index (χ0) is 15.2. The van der Waals surface area contributed by atoms with Gasteiger partial charge in [-0.15, -0.1) is 5.10 Å². The van der Waals surface area contributed by atoms with E-state index < -0.39 is 0 Å². The van der Waals surface area contributed by atoms with Crippen LogP contribution >= 0.6 is 0 Å². The topological polar surface area (TPSA) is 63.7 Å².